The minimum Gasteiger partial charge on any atom is -0.459 e. The van der Waals surface area contributed by atoms with Crippen LogP contribution in [0.1, 0.15) is 37.7 Å². The standard InChI is InChI=1S/C28H33N4O3P/c1-19-8-10-21(11-9-19)30-36(32-12-15-33-16-13-32)26-17-22-24(31(5)20(2)28(22,3)4)18-23(26)29-27(35-36)25-7-6-14-34-25/h6-11,14,17-18,20H,12-13,15-16H2,1-5H3/t20-,36-/m0/s1. The summed E-state index contributed by atoms with van der Waals surface area (Å²) in [5.41, 5.74) is 5.51. The minimum absolute atomic E-state index is 0.0192. The summed E-state index contributed by atoms with van der Waals surface area (Å²) < 4.78 is 26.3. The van der Waals surface area contributed by atoms with Crippen LogP contribution in [0.15, 0.2) is 68.9 Å². The van der Waals surface area contributed by atoms with Gasteiger partial charge in [-0.15, -0.1) is 0 Å². The second-order valence-corrected chi connectivity index (χ2v) is 12.9. The molecule has 3 aliphatic heterocycles. The number of aryl methyl sites for hydroxylation is 1. The third-order valence-electron chi connectivity index (χ3n) is 7.93. The third-order valence-corrected chi connectivity index (χ3v) is 11.0. The summed E-state index contributed by atoms with van der Waals surface area (Å²) in [6.07, 6.45) is 1.66. The van der Waals surface area contributed by atoms with Crippen LogP contribution >= 0.6 is 7.43 Å². The van der Waals surface area contributed by atoms with Gasteiger partial charge in [-0.05, 0) is 55.8 Å². The van der Waals surface area contributed by atoms with Crippen LogP contribution in [0.3, 0.4) is 0 Å². The van der Waals surface area contributed by atoms with Gasteiger partial charge in [-0.2, -0.15) is 0 Å². The molecule has 6 rings (SSSR count). The van der Waals surface area contributed by atoms with Gasteiger partial charge < -0.3 is 18.6 Å². The lowest BCUT2D eigenvalue weighted by Crippen LogP contribution is -2.39. The number of benzene rings is 2. The van der Waals surface area contributed by atoms with Gasteiger partial charge in [0, 0.05) is 37.3 Å². The zero-order valence-corrected chi connectivity index (χ0v) is 22.5. The van der Waals surface area contributed by atoms with Crippen LogP contribution in [0.25, 0.3) is 0 Å². The summed E-state index contributed by atoms with van der Waals surface area (Å²) >= 11 is 0. The quantitative estimate of drug-likeness (QED) is 0.402. The van der Waals surface area contributed by atoms with Crippen LogP contribution in [0.2, 0.25) is 0 Å². The SMILES string of the molecule is Cc1ccc(N=[P@@]2(N3CCOCC3)OC(c3ccco3)=Nc3cc4c(cc32)C(C)(C)[C@H](C)N4C)cc1. The zero-order valence-electron chi connectivity index (χ0n) is 21.6. The van der Waals surface area contributed by atoms with Crippen LogP contribution in [-0.4, -0.2) is 50.0 Å². The zero-order chi connectivity index (χ0) is 25.1. The molecule has 1 saturated heterocycles. The van der Waals surface area contributed by atoms with Gasteiger partial charge in [-0.1, -0.05) is 31.5 Å². The number of likely N-dealkylation sites (N-methyl/N-ethyl adjacent to an activating group) is 1. The normalized spacial score (nSPS) is 25.1. The molecule has 3 aliphatic rings. The first kappa shape index (κ1) is 23.5. The van der Waals surface area contributed by atoms with E-state index < -0.39 is 7.43 Å². The average Bonchev–Trinajstić information content (AvgIpc) is 3.48. The lowest BCUT2D eigenvalue weighted by Gasteiger charge is -2.40. The fourth-order valence-electron chi connectivity index (χ4n) is 5.35. The van der Waals surface area contributed by atoms with E-state index >= 15 is 0 Å². The highest BCUT2D eigenvalue weighted by molar-refractivity contribution is 7.68. The fraction of sp³-hybridized carbons (Fsp3) is 0.393. The summed E-state index contributed by atoms with van der Waals surface area (Å²) in [5, 5.41) is 1.06. The molecule has 188 valence electrons. The molecular weight excluding hydrogens is 471 g/mol. The fourth-order valence-corrected chi connectivity index (χ4v) is 8.38. The van der Waals surface area contributed by atoms with E-state index in [1.54, 1.807) is 6.26 Å². The molecule has 36 heavy (non-hydrogen) atoms. The number of ether oxygens (including phenoxy) is 1. The summed E-state index contributed by atoms with van der Waals surface area (Å²) in [6.45, 7) is 11.8. The Hall–Kier alpha value is -2.86. The molecule has 0 saturated carbocycles. The monoisotopic (exact) mass is 504 g/mol. The lowest BCUT2D eigenvalue weighted by atomic mass is 9.81. The number of hydrogen-bond donors (Lipinski definition) is 0. The Kier molecular flexibility index (Phi) is 5.63. The number of morpholine rings is 1. The molecule has 0 bridgehead atoms. The Morgan fingerprint density at radius 2 is 1.83 bits per heavy atom. The molecule has 0 radical (unpaired) electrons. The topological polar surface area (TPSA) is 62.8 Å². The van der Waals surface area contributed by atoms with Crippen LogP contribution in [-0.2, 0) is 14.7 Å². The van der Waals surface area contributed by atoms with E-state index in [9.17, 15) is 0 Å². The largest absolute Gasteiger partial charge is 0.459 e. The van der Waals surface area contributed by atoms with Crippen molar-refractivity contribution in [2.75, 3.05) is 38.3 Å². The van der Waals surface area contributed by atoms with Crippen molar-refractivity contribution in [2.24, 2.45) is 9.74 Å². The van der Waals surface area contributed by atoms with Gasteiger partial charge in [-0.25, -0.2) is 14.4 Å². The van der Waals surface area contributed by atoms with Crippen LogP contribution in [0.4, 0.5) is 17.1 Å². The Bertz CT molecular complexity index is 1370. The number of aliphatic imine (C=N–C) groups is 1. The predicted molar refractivity (Wildman–Crippen MR) is 146 cm³/mol. The number of hydrogen-bond acceptors (Lipinski definition) is 6. The van der Waals surface area contributed by atoms with E-state index in [0.29, 0.717) is 30.9 Å². The van der Waals surface area contributed by atoms with Crippen molar-refractivity contribution in [1.82, 2.24) is 4.67 Å². The Morgan fingerprint density at radius 3 is 2.53 bits per heavy atom. The highest BCUT2D eigenvalue weighted by Crippen LogP contribution is 2.61. The number of rotatable bonds is 3. The first-order valence-corrected chi connectivity index (χ1v) is 14.2. The molecule has 0 spiro atoms. The maximum Gasteiger partial charge on any atom is 0.263 e. The van der Waals surface area contributed by atoms with Crippen LogP contribution in [0.5, 0.6) is 0 Å². The van der Waals surface area contributed by atoms with Gasteiger partial charge in [0.2, 0.25) is 7.43 Å². The minimum atomic E-state index is -2.75. The second kappa shape index (κ2) is 8.62. The first-order valence-electron chi connectivity index (χ1n) is 12.6. The number of anilines is 1. The summed E-state index contributed by atoms with van der Waals surface area (Å²) in [4.78, 5) is 7.36. The Labute approximate surface area is 212 Å². The molecule has 1 aromatic heterocycles. The van der Waals surface area contributed by atoms with E-state index in [1.807, 2.05) is 12.1 Å². The number of fused-ring (bicyclic) bond motifs is 2. The van der Waals surface area contributed by atoms with Crippen molar-refractivity contribution in [2.45, 2.75) is 39.2 Å². The van der Waals surface area contributed by atoms with Gasteiger partial charge in [0.1, 0.15) is 0 Å². The molecule has 0 unspecified atom stereocenters. The average molecular weight is 505 g/mol. The van der Waals surface area contributed by atoms with Gasteiger partial charge in [-0.3, -0.25) is 0 Å². The van der Waals surface area contributed by atoms with E-state index in [1.165, 1.54) is 16.8 Å². The Balaban J connectivity index is 1.66. The molecule has 0 aliphatic carbocycles. The molecule has 8 heteroatoms. The van der Waals surface area contributed by atoms with Crippen molar-refractivity contribution >= 4 is 35.7 Å². The highest BCUT2D eigenvalue weighted by atomic mass is 31.2. The molecule has 7 nitrogen and oxygen atoms in total. The molecule has 2 atom stereocenters. The van der Waals surface area contributed by atoms with E-state index in [4.69, 9.17) is 23.4 Å². The lowest BCUT2D eigenvalue weighted by molar-refractivity contribution is 0.0716. The van der Waals surface area contributed by atoms with Gasteiger partial charge in [0.05, 0.1) is 36.2 Å². The first-order chi connectivity index (χ1) is 17.3. The van der Waals surface area contributed by atoms with Crippen molar-refractivity contribution in [1.29, 1.82) is 0 Å². The van der Waals surface area contributed by atoms with Gasteiger partial charge >= 0.3 is 0 Å². The van der Waals surface area contributed by atoms with Crippen molar-refractivity contribution in [3.05, 3.63) is 71.7 Å². The predicted octanol–water partition coefficient (Wildman–Crippen LogP) is 6.13. The van der Waals surface area contributed by atoms with Gasteiger partial charge in [0.15, 0.2) is 5.76 Å². The van der Waals surface area contributed by atoms with Crippen molar-refractivity contribution in [3.8, 4) is 0 Å². The van der Waals surface area contributed by atoms with Crippen molar-refractivity contribution < 1.29 is 13.7 Å². The molecule has 3 aromatic rings. The second-order valence-electron chi connectivity index (χ2n) is 10.4. The third kappa shape index (κ3) is 3.64. The van der Waals surface area contributed by atoms with Crippen LogP contribution < -0.4 is 10.2 Å². The van der Waals surface area contributed by atoms with E-state index in [0.717, 1.165) is 29.8 Å². The van der Waals surface area contributed by atoms with Crippen LogP contribution in [0, 0.1) is 6.92 Å². The van der Waals surface area contributed by atoms with Gasteiger partial charge in [0.25, 0.3) is 5.90 Å². The summed E-state index contributed by atoms with van der Waals surface area (Å²) in [5.74, 6) is 1.09. The maximum atomic E-state index is 6.96. The molecular formula is C28H33N4O3P. The summed E-state index contributed by atoms with van der Waals surface area (Å²) in [6, 6.07) is 17.0. The van der Waals surface area contributed by atoms with E-state index in [-0.39, 0.29) is 5.41 Å². The molecule has 2 aromatic carbocycles. The molecule has 0 amide bonds. The maximum absolute atomic E-state index is 6.96. The highest BCUT2D eigenvalue weighted by Gasteiger charge is 2.46. The van der Waals surface area contributed by atoms with Crippen molar-refractivity contribution in [3.63, 3.8) is 0 Å². The number of furan rings is 1. The van der Waals surface area contributed by atoms with E-state index in [2.05, 4.69) is 80.7 Å². The molecule has 0 N–H and O–H groups in total. The molecule has 1 fully saturated rings. The summed E-state index contributed by atoms with van der Waals surface area (Å²) in [7, 11) is -0.580. The number of nitrogens with zero attached hydrogens (tertiary/aromatic N) is 4. The Morgan fingerprint density at radius 1 is 1.08 bits per heavy atom. The smallest absolute Gasteiger partial charge is 0.263 e. The molecule has 4 heterocycles.